The Hall–Kier alpha value is -1.92. The number of hydrogen-bond donors (Lipinski definition) is 2. The summed E-state index contributed by atoms with van der Waals surface area (Å²) in [6, 6.07) is 0. The van der Waals surface area contributed by atoms with E-state index in [-0.39, 0.29) is 12.5 Å². The highest BCUT2D eigenvalue weighted by Gasteiger charge is 2.28. The highest BCUT2D eigenvalue weighted by atomic mass is 16.5. The average molecular weight is 281 g/mol. The zero-order valence-corrected chi connectivity index (χ0v) is 11.5. The van der Waals surface area contributed by atoms with Crippen molar-refractivity contribution in [2.45, 2.75) is 44.9 Å². The summed E-state index contributed by atoms with van der Waals surface area (Å²) < 4.78 is 5.11. The van der Waals surface area contributed by atoms with Crippen LogP contribution in [0.4, 0.5) is 0 Å². The predicted octanol–water partition coefficient (Wildman–Crippen LogP) is 1.11. The van der Waals surface area contributed by atoms with Crippen molar-refractivity contribution in [3.63, 3.8) is 0 Å². The molecule has 1 atom stereocenters. The number of hydrogen-bond acceptors (Lipinski definition) is 5. The molecule has 0 spiro atoms. The van der Waals surface area contributed by atoms with Crippen molar-refractivity contribution in [2.75, 3.05) is 6.54 Å². The minimum Gasteiger partial charge on any atom is -0.481 e. The quantitative estimate of drug-likeness (QED) is 0.739. The summed E-state index contributed by atoms with van der Waals surface area (Å²) >= 11 is 0. The largest absolute Gasteiger partial charge is 0.481 e. The Morgan fingerprint density at radius 3 is 2.90 bits per heavy atom. The van der Waals surface area contributed by atoms with Gasteiger partial charge in [-0.1, -0.05) is 12.1 Å². The molecule has 7 heteroatoms. The van der Waals surface area contributed by atoms with Crippen molar-refractivity contribution in [1.82, 2.24) is 15.5 Å². The van der Waals surface area contributed by atoms with Gasteiger partial charge in [0.1, 0.15) is 0 Å². The van der Waals surface area contributed by atoms with Crippen molar-refractivity contribution in [3.05, 3.63) is 11.7 Å². The molecule has 1 saturated carbocycles. The van der Waals surface area contributed by atoms with Gasteiger partial charge in [0.05, 0.1) is 5.92 Å². The van der Waals surface area contributed by atoms with Gasteiger partial charge in [-0.2, -0.15) is 4.98 Å². The lowest BCUT2D eigenvalue weighted by Gasteiger charge is -2.07. The molecule has 1 fully saturated rings. The number of nitrogens with one attached hydrogen (secondary N) is 1. The molecular weight excluding hydrogens is 262 g/mol. The van der Waals surface area contributed by atoms with Crippen LogP contribution >= 0.6 is 0 Å². The minimum absolute atomic E-state index is 0.153. The minimum atomic E-state index is -0.913. The number of carbonyl (C=O) groups excluding carboxylic acids is 1. The van der Waals surface area contributed by atoms with Crippen LogP contribution < -0.4 is 5.32 Å². The molecule has 2 N–H and O–H groups in total. The van der Waals surface area contributed by atoms with E-state index in [1.165, 1.54) is 0 Å². The van der Waals surface area contributed by atoms with E-state index in [1.54, 1.807) is 6.92 Å². The molecule has 1 amide bonds. The molecule has 20 heavy (non-hydrogen) atoms. The van der Waals surface area contributed by atoms with Gasteiger partial charge in [-0.15, -0.1) is 0 Å². The van der Waals surface area contributed by atoms with Crippen LogP contribution in [0.5, 0.6) is 0 Å². The zero-order chi connectivity index (χ0) is 14.5. The third kappa shape index (κ3) is 4.32. The van der Waals surface area contributed by atoms with Crippen LogP contribution in [-0.2, 0) is 16.0 Å². The van der Waals surface area contributed by atoms with Crippen LogP contribution in [0.25, 0.3) is 0 Å². The van der Waals surface area contributed by atoms with Crippen molar-refractivity contribution >= 4 is 11.9 Å². The van der Waals surface area contributed by atoms with Gasteiger partial charge < -0.3 is 14.9 Å². The van der Waals surface area contributed by atoms with E-state index in [0.29, 0.717) is 31.1 Å². The Morgan fingerprint density at radius 2 is 2.25 bits per heavy atom. The van der Waals surface area contributed by atoms with E-state index in [1.807, 2.05) is 0 Å². The Labute approximate surface area is 116 Å². The Balaban J connectivity index is 1.62. The van der Waals surface area contributed by atoms with Crippen LogP contribution in [0.15, 0.2) is 4.52 Å². The molecule has 1 aromatic rings. The number of aromatic nitrogens is 2. The predicted molar refractivity (Wildman–Crippen MR) is 69.0 cm³/mol. The molecule has 1 aliphatic carbocycles. The second-order valence-corrected chi connectivity index (χ2v) is 5.22. The van der Waals surface area contributed by atoms with E-state index in [9.17, 15) is 9.59 Å². The third-order valence-electron chi connectivity index (χ3n) is 3.25. The lowest BCUT2D eigenvalue weighted by molar-refractivity contribution is -0.141. The number of nitrogens with zero attached hydrogens (tertiary/aromatic N) is 2. The first-order valence-corrected chi connectivity index (χ1v) is 6.88. The lowest BCUT2D eigenvalue weighted by Crippen LogP contribution is -2.31. The number of aliphatic carboxylic acids is 1. The number of aryl methyl sites for hydroxylation is 1. The summed E-state index contributed by atoms with van der Waals surface area (Å²) in [5.74, 6) is 0.173. The van der Waals surface area contributed by atoms with Crippen LogP contribution in [0.2, 0.25) is 0 Å². The van der Waals surface area contributed by atoms with Crippen molar-refractivity contribution in [3.8, 4) is 0 Å². The Morgan fingerprint density at radius 1 is 1.50 bits per heavy atom. The Bertz CT molecular complexity index is 482. The molecule has 0 radical (unpaired) electrons. The van der Waals surface area contributed by atoms with E-state index in [0.717, 1.165) is 18.7 Å². The molecule has 7 nitrogen and oxygen atoms in total. The van der Waals surface area contributed by atoms with Gasteiger partial charge >= 0.3 is 5.97 Å². The van der Waals surface area contributed by atoms with Gasteiger partial charge in [-0.3, -0.25) is 9.59 Å². The lowest BCUT2D eigenvalue weighted by atomic mass is 10.2. The van der Waals surface area contributed by atoms with E-state index < -0.39 is 11.9 Å². The summed E-state index contributed by atoms with van der Waals surface area (Å²) in [5.41, 5.74) is 0. The van der Waals surface area contributed by atoms with Crippen LogP contribution in [-0.4, -0.2) is 33.7 Å². The molecule has 0 aliphatic heterocycles. The van der Waals surface area contributed by atoms with Gasteiger partial charge in [0.2, 0.25) is 11.8 Å². The topological polar surface area (TPSA) is 105 Å². The number of carboxylic acids is 1. The molecule has 110 valence electrons. The van der Waals surface area contributed by atoms with Gasteiger partial charge in [0.15, 0.2) is 5.82 Å². The average Bonchev–Trinajstić information content (AvgIpc) is 3.16. The van der Waals surface area contributed by atoms with Crippen LogP contribution in [0.1, 0.15) is 50.2 Å². The molecule has 1 unspecified atom stereocenters. The van der Waals surface area contributed by atoms with Crippen LogP contribution in [0.3, 0.4) is 0 Å². The molecule has 0 bridgehead atoms. The summed E-state index contributed by atoms with van der Waals surface area (Å²) in [7, 11) is 0. The second kappa shape index (κ2) is 6.49. The third-order valence-corrected chi connectivity index (χ3v) is 3.25. The SMILES string of the molecule is CC(CNC(=O)CCCc1nc(C2CC2)no1)C(=O)O. The Kier molecular flexibility index (Phi) is 4.70. The van der Waals surface area contributed by atoms with Crippen molar-refractivity contribution in [2.24, 2.45) is 5.92 Å². The number of rotatable bonds is 8. The number of carboxylic acid groups (broad SMARTS) is 1. The summed E-state index contributed by atoms with van der Waals surface area (Å²) in [4.78, 5) is 26.4. The van der Waals surface area contributed by atoms with Crippen molar-refractivity contribution < 1.29 is 19.2 Å². The maximum atomic E-state index is 11.5. The molecule has 0 saturated heterocycles. The molecule has 2 rings (SSSR count). The fourth-order valence-corrected chi connectivity index (χ4v) is 1.72. The molecular formula is C13H19N3O4. The van der Waals surface area contributed by atoms with E-state index in [2.05, 4.69) is 15.5 Å². The van der Waals surface area contributed by atoms with Gasteiger partial charge in [0, 0.05) is 25.3 Å². The van der Waals surface area contributed by atoms with Gasteiger partial charge in [-0.05, 0) is 19.3 Å². The first-order valence-electron chi connectivity index (χ1n) is 6.88. The first kappa shape index (κ1) is 14.5. The summed E-state index contributed by atoms with van der Waals surface area (Å²) in [6.45, 7) is 1.71. The first-order chi connectivity index (χ1) is 9.56. The summed E-state index contributed by atoms with van der Waals surface area (Å²) in [5, 5.41) is 15.2. The van der Waals surface area contributed by atoms with Gasteiger partial charge in [-0.25, -0.2) is 0 Å². The maximum Gasteiger partial charge on any atom is 0.308 e. The molecule has 1 aromatic heterocycles. The maximum absolute atomic E-state index is 11.5. The van der Waals surface area contributed by atoms with Crippen molar-refractivity contribution in [1.29, 1.82) is 0 Å². The second-order valence-electron chi connectivity index (χ2n) is 5.22. The fraction of sp³-hybridized carbons (Fsp3) is 0.692. The van der Waals surface area contributed by atoms with Crippen LogP contribution in [0, 0.1) is 5.92 Å². The molecule has 1 aliphatic rings. The highest BCUT2D eigenvalue weighted by molar-refractivity contribution is 5.77. The monoisotopic (exact) mass is 281 g/mol. The summed E-state index contributed by atoms with van der Waals surface area (Å²) in [6.07, 6.45) is 3.76. The fourth-order valence-electron chi connectivity index (χ4n) is 1.72. The molecule has 1 heterocycles. The number of carbonyl (C=O) groups is 2. The zero-order valence-electron chi connectivity index (χ0n) is 11.5. The number of amides is 1. The van der Waals surface area contributed by atoms with E-state index in [4.69, 9.17) is 9.63 Å². The smallest absolute Gasteiger partial charge is 0.308 e. The standard InChI is InChI=1S/C13H19N3O4/c1-8(13(18)19)7-14-10(17)3-2-4-11-15-12(16-20-11)9-5-6-9/h8-9H,2-7H2,1H3,(H,14,17)(H,18,19). The van der Waals surface area contributed by atoms with E-state index >= 15 is 0 Å². The highest BCUT2D eigenvalue weighted by Crippen LogP contribution is 2.38. The molecule has 0 aromatic carbocycles. The van der Waals surface area contributed by atoms with Gasteiger partial charge in [0.25, 0.3) is 0 Å². The normalized spacial score (nSPS) is 15.8.